The summed E-state index contributed by atoms with van der Waals surface area (Å²) in [6, 6.07) is 21.5. The van der Waals surface area contributed by atoms with E-state index < -0.39 is 8.32 Å². The zero-order valence-electron chi connectivity index (χ0n) is 15.6. The first kappa shape index (κ1) is 19.5. The van der Waals surface area contributed by atoms with Gasteiger partial charge in [-0.3, -0.25) is 0 Å². The summed E-state index contributed by atoms with van der Waals surface area (Å²) in [7, 11) is -2.52. The van der Waals surface area contributed by atoms with E-state index >= 15 is 0 Å². The van der Waals surface area contributed by atoms with E-state index in [1.807, 2.05) is 6.20 Å². The quantitative estimate of drug-likeness (QED) is 0.480. The third kappa shape index (κ3) is 3.72. The fraction of sp³-hybridized carbons (Fsp3) is 0.286. The van der Waals surface area contributed by atoms with Gasteiger partial charge in [0.15, 0.2) is 3.92 Å². The Morgan fingerprint density at radius 2 is 1.46 bits per heavy atom. The molecule has 1 aromatic heterocycles. The maximum atomic E-state index is 7.06. The molecule has 0 fully saturated rings. The van der Waals surface area contributed by atoms with Gasteiger partial charge in [0.05, 0.1) is 11.0 Å². The first-order valence-corrected chi connectivity index (χ1v) is 12.3. The molecule has 0 aliphatic heterocycles. The lowest BCUT2D eigenvalue weighted by Crippen LogP contribution is -2.66. The molecular weight excluding hydrogens is 422 g/mol. The van der Waals surface area contributed by atoms with Gasteiger partial charge in [-0.05, 0) is 38.3 Å². The molecule has 2 aromatic carbocycles. The summed E-state index contributed by atoms with van der Waals surface area (Å²) in [6.45, 7) is 9.04. The summed E-state index contributed by atoms with van der Waals surface area (Å²) in [5.74, 6) is 0. The van der Waals surface area contributed by atoms with Crippen molar-refractivity contribution in [1.29, 1.82) is 0 Å². The molecule has 0 spiro atoms. The Morgan fingerprint density at radius 1 is 0.962 bits per heavy atom. The second-order valence-corrected chi connectivity index (χ2v) is 14.0. The third-order valence-electron chi connectivity index (χ3n) is 4.67. The van der Waals surface area contributed by atoms with E-state index in [0.717, 1.165) is 8.79 Å². The molecule has 26 heavy (non-hydrogen) atoms. The predicted molar refractivity (Wildman–Crippen MR) is 117 cm³/mol. The number of hydrogen-bond donors (Lipinski definition) is 0. The molecule has 0 amide bonds. The van der Waals surface area contributed by atoms with Gasteiger partial charge >= 0.3 is 0 Å². The zero-order valence-corrected chi connectivity index (χ0v) is 19.0. The van der Waals surface area contributed by atoms with E-state index in [9.17, 15) is 0 Å². The van der Waals surface area contributed by atoms with Crippen molar-refractivity contribution in [2.45, 2.75) is 38.8 Å². The Balaban J connectivity index is 2.17. The number of aromatic nitrogens is 1. The maximum absolute atomic E-state index is 7.06. The lowest BCUT2D eigenvalue weighted by Gasteiger charge is -2.44. The van der Waals surface area contributed by atoms with E-state index in [4.69, 9.17) is 4.43 Å². The van der Waals surface area contributed by atoms with Crippen molar-refractivity contribution in [3.8, 4) is 0 Å². The van der Waals surface area contributed by atoms with E-state index in [-0.39, 0.29) is 11.1 Å². The summed E-state index contributed by atoms with van der Waals surface area (Å²) in [4.78, 5) is 5.49. The van der Waals surface area contributed by atoms with Crippen LogP contribution >= 0.6 is 27.3 Å². The molecule has 136 valence electrons. The molecular formula is C21H24BrNOSSi. The molecule has 0 N–H and O–H groups in total. The molecule has 3 rings (SSSR count). The van der Waals surface area contributed by atoms with Gasteiger partial charge in [-0.1, -0.05) is 81.4 Å². The standard InChI is InChI=1S/C21H24BrNOSSi/c1-16(19-15-23-20(22)25-19)24-26(21(2,3)4,17-11-7-5-8-12-17)18-13-9-6-10-14-18/h5-16H,1-4H3. The van der Waals surface area contributed by atoms with Crippen molar-refractivity contribution in [3.63, 3.8) is 0 Å². The molecule has 5 heteroatoms. The minimum atomic E-state index is -2.52. The van der Waals surface area contributed by atoms with Gasteiger partial charge < -0.3 is 4.43 Å². The van der Waals surface area contributed by atoms with Crippen molar-refractivity contribution in [3.05, 3.63) is 75.7 Å². The molecule has 1 heterocycles. The topological polar surface area (TPSA) is 22.1 Å². The van der Waals surface area contributed by atoms with Crippen LogP contribution in [0.3, 0.4) is 0 Å². The van der Waals surface area contributed by atoms with Crippen LogP contribution in [-0.4, -0.2) is 13.3 Å². The average Bonchev–Trinajstić information content (AvgIpc) is 3.06. The number of benzene rings is 2. The normalized spacial score (nSPS) is 13.6. The first-order valence-electron chi connectivity index (χ1n) is 8.74. The summed E-state index contributed by atoms with van der Waals surface area (Å²) in [5, 5.41) is 2.58. The smallest absolute Gasteiger partial charge is 0.261 e. The van der Waals surface area contributed by atoms with E-state index in [0.29, 0.717) is 0 Å². The number of rotatable bonds is 5. The van der Waals surface area contributed by atoms with Gasteiger partial charge in [-0.25, -0.2) is 4.98 Å². The SMILES string of the molecule is CC(O[Si](c1ccccc1)(c1ccccc1)C(C)(C)C)c1cnc(Br)s1. The fourth-order valence-corrected chi connectivity index (χ4v) is 9.51. The highest BCUT2D eigenvalue weighted by Gasteiger charge is 2.51. The van der Waals surface area contributed by atoms with Crippen molar-refractivity contribution in [2.24, 2.45) is 0 Å². The van der Waals surface area contributed by atoms with Gasteiger partial charge in [-0.2, -0.15) is 0 Å². The van der Waals surface area contributed by atoms with Crippen molar-refractivity contribution < 1.29 is 4.43 Å². The van der Waals surface area contributed by atoms with Crippen molar-refractivity contribution in [2.75, 3.05) is 0 Å². The van der Waals surface area contributed by atoms with Crippen LogP contribution in [0.15, 0.2) is 70.8 Å². The van der Waals surface area contributed by atoms with Gasteiger partial charge in [0.25, 0.3) is 8.32 Å². The van der Waals surface area contributed by atoms with Crippen LogP contribution in [0, 0.1) is 0 Å². The van der Waals surface area contributed by atoms with Crippen LogP contribution in [0.4, 0.5) is 0 Å². The zero-order chi connectivity index (χ0) is 18.8. The number of halogens is 1. The Hall–Kier alpha value is -1.27. The van der Waals surface area contributed by atoms with E-state index in [1.54, 1.807) is 11.3 Å². The van der Waals surface area contributed by atoms with E-state index in [2.05, 4.69) is 109 Å². The third-order valence-corrected chi connectivity index (χ3v) is 11.4. The first-order chi connectivity index (χ1) is 12.3. The Bertz CT molecular complexity index is 806. The highest BCUT2D eigenvalue weighted by molar-refractivity contribution is 9.11. The van der Waals surface area contributed by atoms with E-state index in [1.165, 1.54) is 10.4 Å². The Labute approximate surface area is 169 Å². The molecule has 1 atom stereocenters. The molecule has 0 radical (unpaired) electrons. The van der Waals surface area contributed by atoms with Crippen LogP contribution < -0.4 is 10.4 Å². The average molecular weight is 446 g/mol. The van der Waals surface area contributed by atoms with Crippen molar-refractivity contribution in [1.82, 2.24) is 4.98 Å². The van der Waals surface area contributed by atoms with Crippen LogP contribution in [0.1, 0.15) is 38.7 Å². The Kier molecular flexibility index (Phi) is 5.82. The highest BCUT2D eigenvalue weighted by Crippen LogP contribution is 2.40. The Morgan fingerprint density at radius 3 is 1.85 bits per heavy atom. The second-order valence-electron chi connectivity index (χ2n) is 7.44. The number of thiazole rings is 1. The molecule has 0 bridgehead atoms. The van der Waals surface area contributed by atoms with Crippen LogP contribution in [0.5, 0.6) is 0 Å². The van der Waals surface area contributed by atoms with Crippen LogP contribution in [-0.2, 0) is 4.43 Å². The molecule has 0 saturated heterocycles. The van der Waals surface area contributed by atoms with Crippen molar-refractivity contribution >= 4 is 46.0 Å². The molecule has 2 nitrogen and oxygen atoms in total. The molecule has 3 aromatic rings. The van der Waals surface area contributed by atoms with Crippen LogP contribution in [0.2, 0.25) is 5.04 Å². The minimum Gasteiger partial charge on any atom is -0.400 e. The molecule has 0 saturated carbocycles. The number of hydrogen-bond acceptors (Lipinski definition) is 3. The largest absolute Gasteiger partial charge is 0.400 e. The maximum Gasteiger partial charge on any atom is 0.261 e. The molecule has 0 aliphatic rings. The summed E-state index contributed by atoms with van der Waals surface area (Å²) >= 11 is 5.11. The molecule has 0 aliphatic carbocycles. The lowest BCUT2D eigenvalue weighted by atomic mass is 10.2. The second kappa shape index (κ2) is 7.77. The van der Waals surface area contributed by atoms with Gasteiger partial charge in [0.2, 0.25) is 0 Å². The van der Waals surface area contributed by atoms with Gasteiger partial charge in [0, 0.05) is 6.20 Å². The summed E-state index contributed by atoms with van der Waals surface area (Å²) in [5.41, 5.74) is 0. The highest BCUT2D eigenvalue weighted by atomic mass is 79.9. The minimum absolute atomic E-state index is 0.0219. The van der Waals surface area contributed by atoms with Gasteiger partial charge in [0.1, 0.15) is 0 Å². The fourth-order valence-electron chi connectivity index (χ4n) is 3.47. The van der Waals surface area contributed by atoms with Gasteiger partial charge in [-0.15, -0.1) is 11.3 Å². The number of nitrogens with zero attached hydrogens (tertiary/aromatic N) is 1. The lowest BCUT2D eigenvalue weighted by molar-refractivity contribution is 0.214. The summed E-state index contributed by atoms with van der Waals surface area (Å²) < 4.78 is 7.96. The monoisotopic (exact) mass is 445 g/mol. The predicted octanol–water partition coefficient (Wildman–Crippen LogP) is 5.54. The van der Waals surface area contributed by atoms with Crippen LogP contribution in [0.25, 0.3) is 0 Å². The summed E-state index contributed by atoms with van der Waals surface area (Å²) in [6.07, 6.45) is 1.89. The molecule has 1 unspecified atom stereocenters.